The highest BCUT2D eigenvalue weighted by Gasteiger charge is 2.13. The summed E-state index contributed by atoms with van der Waals surface area (Å²) >= 11 is 0. The van der Waals surface area contributed by atoms with E-state index in [1.807, 2.05) is 0 Å². The summed E-state index contributed by atoms with van der Waals surface area (Å²) in [5, 5.41) is 2.94. The molecule has 2 heterocycles. The largest absolute Gasteiger partial charge is 0.378 e. The van der Waals surface area contributed by atoms with Gasteiger partial charge < -0.3 is 15.0 Å². The van der Waals surface area contributed by atoms with E-state index in [4.69, 9.17) is 4.74 Å². The number of anilines is 3. The summed E-state index contributed by atoms with van der Waals surface area (Å²) < 4.78 is 31.4. The van der Waals surface area contributed by atoms with Gasteiger partial charge in [0.1, 0.15) is 18.0 Å². The van der Waals surface area contributed by atoms with Gasteiger partial charge in [0, 0.05) is 30.9 Å². The van der Waals surface area contributed by atoms with Crippen LogP contribution in [-0.2, 0) is 4.74 Å². The van der Waals surface area contributed by atoms with E-state index < -0.39 is 11.6 Å². The van der Waals surface area contributed by atoms with Gasteiger partial charge >= 0.3 is 0 Å². The van der Waals surface area contributed by atoms with Gasteiger partial charge in [0.25, 0.3) is 0 Å². The van der Waals surface area contributed by atoms with Crippen LogP contribution in [0.1, 0.15) is 0 Å². The highest BCUT2D eigenvalue weighted by atomic mass is 19.2. The van der Waals surface area contributed by atoms with E-state index >= 15 is 0 Å². The first-order chi connectivity index (χ1) is 10.2. The van der Waals surface area contributed by atoms with Crippen molar-refractivity contribution in [1.29, 1.82) is 0 Å². The van der Waals surface area contributed by atoms with Crippen LogP contribution in [0.15, 0.2) is 30.6 Å². The summed E-state index contributed by atoms with van der Waals surface area (Å²) in [6, 6.07) is 5.38. The number of halogens is 2. The molecule has 1 aliphatic heterocycles. The van der Waals surface area contributed by atoms with Crippen LogP contribution in [0, 0.1) is 11.6 Å². The van der Waals surface area contributed by atoms with Crippen molar-refractivity contribution >= 4 is 17.3 Å². The Morgan fingerprint density at radius 1 is 1.05 bits per heavy atom. The highest BCUT2D eigenvalue weighted by Crippen LogP contribution is 2.20. The molecule has 7 heteroatoms. The smallest absolute Gasteiger partial charge is 0.160 e. The Morgan fingerprint density at radius 3 is 2.62 bits per heavy atom. The van der Waals surface area contributed by atoms with Crippen LogP contribution in [-0.4, -0.2) is 36.3 Å². The van der Waals surface area contributed by atoms with E-state index in [-0.39, 0.29) is 0 Å². The van der Waals surface area contributed by atoms with Crippen LogP contribution in [0.3, 0.4) is 0 Å². The van der Waals surface area contributed by atoms with E-state index in [9.17, 15) is 8.78 Å². The minimum absolute atomic E-state index is 0.431. The first kappa shape index (κ1) is 13.7. The molecule has 1 fully saturated rings. The lowest BCUT2D eigenvalue weighted by atomic mass is 10.3. The van der Waals surface area contributed by atoms with Gasteiger partial charge in [-0.15, -0.1) is 0 Å². The molecular weight excluding hydrogens is 278 g/mol. The molecule has 21 heavy (non-hydrogen) atoms. The minimum atomic E-state index is -0.901. The first-order valence-corrected chi connectivity index (χ1v) is 6.59. The SMILES string of the molecule is Fc1ccc(Nc2cc(N3CCOCC3)ncn2)cc1F. The summed E-state index contributed by atoms with van der Waals surface area (Å²) in [5.74, 6) is -0.476. The van der Waals surface area contributed by atoms with Crippen molar-refractivity contribution in [2.45, 2.75) is 0 Å². The summed E-state index contributed by atoms with van der Waals surface area (Å²) in [6.45, 7) is 2.86. The summed E-state index contributed by atoms with van der Waals surface area (Å²) in [7, 11) is 0. The lowest BCUT2D eigenvalue weighted by Crippen LogP contribution is -2.36. The molecule has 2 aromatic rings. The molecule has 1 N–H and O–H groups in total. The lowest BCUT2D eigenvalue weighted by Gasteiger charge is -2.27. The Kier molecular flexibility index (Phi) is 3.92. The Hall–Kier alpha value is -2.28. The Balaban J connectivity index is 1.77. The van der Waals surface area contributed by atoms with Gasteiger partial charge in [0.2, 0.25) is 0 Å². The number of hydrogen-bond acceptors (Lipinski definition) is 5. The molecule has 1 saturated heterocycles. The molecule has 1 aromatic carbocycles. The molecule has 1 aliphatic rings. The number of morpholine rings is 1. The molecule has 0 unspecified atom stereocenters. The third-order valence-corrected chi connectivity index (χ3v) is 3.18. The van der Waals surface area contributed by atoms with Crippen LogP contribution < -0.4 is 10.2 Å². The Bertz CT molecular complexity index is 632. The molecule has 0 atom stereocenters. The second-order valence-corrected chi connectivity index (χ2v) is 4.61. The molecule has 0 radical (unpaired) electrons. The molecule has 5 nitrogen and oxygen atoms in total. The maximum atomic E-state index is 13.2. The lowest BCUT2D eigenvalue weighted by molar-refractivity contribution is 0.122. The fourth-order valence-corrected chi connectivity index (χ4v) is 2.10. The predicted molar refractivity (Wildman–Crippen MR) is 74.7 cm³/mol. The van der Waals surface area contributed by atoms with Crippen molar-refractivity contribution in [3.8, 4) is 0 Å². The van der Waals surface area contributed by atoms with Crippen molar-refractivity contribution in [1.82, 2.24) is 9.97 Å². The number of rotatable bonds is 3. The van der Waals surface area contributed by atoms with Crippen molar-refractivity contribution in [2.24, 2.45) is 0 Å². The maximum absolute atomic E-state index is 13.2. The first-order valence-electron chi connectivity index (χ1n) is 6.59. The van der Waals surface area contributed by atoms with Gasteiger partial charge in [-0.3, -0.25) is 0 Å². The predicted octanol–water partition coefficient (Wildman–Crippen LogP) is 2.33. The number of ether oxygens (including phenoxy) is 1. The number of aromatic nitrogens is 2. The fourth-order valence-electron chi connectivity index (χ4n) is 2.10. The second kappa shape index (κ2) is 6.01. The van der Waals surface area contributed by atoms with Gasteiger partial charge in [-0.2, -0.15) is 0 Å². The minimum Gasteiger partial charge on any atom is -0.378 e. The number of hydrogen-bond donors (Lipinski definition) is 1. The van der Waals surface area contributed by atoms with Crippen LogP contribution in [0.25, 0.3) is 0 Å². The van der Waals surface area contributed by atoms with Crippen LogP contribution in [0.4, 0.5) is 26.1 Å². The quantitative estimate of drug-likeness (QED) is 0.941. The topological polar surface area (TPSA) is 50.3 Å². The van der Waals surface area contributed by atoms with E-state index in [1.165, 1.54) is 12.4 Å². The number of benzene rings is 1. The van der Waals surface area contributed by atoms with Crippen molar-refractivity contribution in [3.63, 3.8) is 0 Å². The molecule has 0 spiro atoms. The maximum Gasteiger partial charge on any atom is 0.160 e. The zero-order valence-corrected chi connectivity index (χ0v) is 11.2. The van der Waals surface area contributed by atoms with E-state index in [2.05, 4.69) is 20.2 Å². The van der Waals surface area contributed by atoms with E-state index in [1.54, 1.807) is 6.07 Å². The van der Waals surface area contributed by atoms with Crippen LogP contribution in [0.2, 0.25) is 0 Å². The van der Waals surface area contributed by atoms with Crippen LogP contribution in [0.5, 0.6) is 0 Å². The monoisotopic (exact) mass is 292 g/mol. The average molecular weight is 292 g/mol. The summed E-state index contributed by atoms with van der Waals surface area (Å²) in [4.78, 5) is 10.4. The second-order valence-electron chi connectivity index (χ2n) is 4.61. The van der Waals surface area contributed by atoms with Gasteiger partial charge in [-0.25, -0.2) is 18.7 Å². The Morgan fingerprint density at radius 2 is 1.86 bits per heavy atom. The third-order valence-electron chi connectivity index (χ3n) is 3.18. The zero-order valence-electron chi connectivity index (χ0n) is 11.2. The average Bonchev–Trinajstić information content (AvgIpc) is 2.52. The summed E-state index contributed by atoms with van der Waals surface area (Å²) in [5.41, 5.74) is 0.431. The molecule has 3 rings (SSSR count). The molecule has 0 bridgehead atoms. The molecule has 0 amide bonds. The molecular formula is C14H14F2N4O. The van der Waals surface area contributed by atoms with Gasteiger partial charge in [0.05, 0.1) is 13.2 Å². The fraction of sp³-hybridized carbons (Fsp3) is 0.286. The molecule has 0 saturated carbocycles. The number of nitrogens with zero attached hydrogens (tertiary/aromatic N) is 3. The molecule has 1 aromatic heterocycles. The van der Waals surface area contributed by atoms with E-state index in [0.717, 1.165) is 31.0 Å². The van der Waals surface area contributed by atoms with Crippen molar-refractivity contribution in [3.05, 3.63) is 42.2 Å². The summed E-state index contributed by atoms with van der Waals surface area (Å²) in [6.07, 6.45) is 1.44. The molecule has 110 valence electrons. The number of nitrogens with one attached hydrogen (secondary N) is 1. The van der Waals surface area contributed by atoms with Crippen molar-refractivity contribution in [2.75, 3.05) is 36.5 Å². The van der Waals surface area contributed by atoms with Crippen LogP contribution >= 0.6 is 0 Å². The van der Waals surface area contributed by atoms with Gasteiger partial charge in [-0.05, 0) is 12.1 Å². The Labute approximate surface area is 120 Å². The molecule has 0 aliphatic carbocycles. The normalized spacial score (nSPS) is 15.0. The highest BCUT2D eigenvalue weighted by molar-refractivity contribution is 5.59. The van der Waals surface area contributed by atoms with E-state index in [0.29, 0.717) is 24.7 Å². The van der Waals surface area contributed by atoms with Crippen molar-refractivity contribution < 1.29 is 13.5 Å². The standard InChI is InChI=1S/C14H14F2N4O/c15-11-2-1-10(7-12(11)16)19-13-8-14(18-9-17-13)20-3-5-21-6-4-20/h1-2,7-9H,3-6H2,(H,17,18,19). The van der Waals surface area contributed by atoms with Gasteiger partial charge in [0.15, 0.2) is 11.6 Å². The van der Waals surface area contributed by atoms with Gasteiger partial charge in [-0.1, -0.05) is 0 Å². The zero-order chi connectivity index (χ0) is 14.7. The third kappa shape index (κ3) is 3.25.